The number of aliphatic imine (C=N–C) groups is 2. The van der Waals surface area contributed by atoms with E-state index in [1.165, 1.54) is 0 Å². The summed E-state index contributed by atoms with van der Waals surface area (Å²) >= 11 is 5.73. The van der Waals surface area contributed by atoms with Crippen molar-refractivity contribution in [3.05, 3.63) is 47.5 Å². The van der Waals surface area contributed by atoms with Crippen molar-refractivity contribution in [2.45, 2.75) is 34.2 Å². The van der Waals surface area contributed by atoms with E-state index >= 15 is 0 Å². The largest absolute Gasteiger partial charge is 0.422 e. The molecular formula is C23H28ClN9O2. The number of ether oxygens (including phenoxy) is 1. The lowest BCUT2D eigenvalue weighted by Gasteiger charge is -2.34. The van der Waals surface area contributed by atoms with E-state index in [9.17, 15) is 4.79 Å². The summed E-state index contributed by atoms with van der Waals surface area (Å²) in [5.74, 6) is 0.970. The summed E-state index contributed by atoms with van der Waals surface area (Å²) in [6.45, 7) is 18.3. The molecule has 0 bridgehead atoms. The fourth-order valence-corrected chi connectivity index (χ4v) is 3.79. The van der Waals surface area contributed by atoms with Gasteiger partial charge < -0.3 is 14.5 Å². The van der Waals surface area contributed by atoms with E-state index in [4.69, 9.17) is 16.3 Å². The molecule has 0 unspecified atom stereocenters. The lowest BCUT2D eigenvalue weighted by atomic mass is 9.97. The predicted octanol–water partition coefficient (Wildman–Crippen LogP) is 2.86. The van der Waals surface area contributed by atoms with Crippen LogP contribution in [0.25, 0.3) is 11.5 Å². The molecule has 1 saturated heterocycles. The molecule has 12 heteroatoms. The first-order chi connectivity index (χ1) is 16.5. The van der Waals surface area contributed by atoms with Crippen LogP contribution in [0.4, 0.5) is 0 Å². The molecule has 2 aromatic heterocycles. The minimum absolute atomic E-state index is 0.0282. The van der Waals surface area contributed by atoms with Crippen LogP contribution in [0.2, 0.25) is 0 Å². The highest BCUT2D eigenvalue weighted by Crippen LogP contribution is 2.21. The molecule has 0 spiro atoms. The van der Waals surface area contributed by atoms with Gasteiger partial charge in [-0.05, 0) is 29.2 Å². The number of amides is 1. The third-order valence-electron chi connectivity index (χ3n) is 5.34. The van der Waals surface area contributed by atoms with Gasteiger partial charge in [-0.15, -0.1) is 10.2 Å². The fraction of sp³-hybridized carbons (Fsp3) is 0.435. The molecule has 1 fully saturated rings. The van der Waals surface area contributed by atoms with Gasteiger partial charge >= 0.3 is 0 Å². The van der Waals surface area contributed by atoms with E-state index in [0.29, 0.717) is 67.4 Å². The Morgan fingerprint density at radius 1 is 1.26 bits per heavy atom. The van der Waals surface area contributed by atoms with Crippen LogP contribution in [0.3, 0.4) is 0 Å². The van der Waals surface area contributed by atoms with E-state index in [1.54, 1.807) is 15.9 Å². The Morgan fingerprint density at radius 3 is 2.60 bits per heavy atom. The zero-order chi connectivity index (χ0) is 25.3. The van der Waals surface area contributed by atoms with Gasteiger partial charge in [-0.3, -0.25) is 9.78 Å². The van der Waals surface area contributed by atoms with Crippen LogP contribution in [-0.4, -0.2) is 78.9 Å². The SMILES string of the molecule is C=C(Cl)/N=C1/N=C(N2CCN(C(=O)c3cnc(-c4nnn(CC(C)(C)C)n4)c(C)c3)CC2)OC1=C. The summed E-state index contributed by atoms with van der Waals surface area (Å²) < 4.78 is 5.61. The van der Waals surface area contributed by atoms with Crippen molar-refractivity contribution in [3.63, 3.8) is 0 Å². The zero-order valence-corrected chi connectivity index (χ0v) is 21.1. The molecule has 1 amide bonds. The molecule has 11 nitrogen and oxygen atoms in total. The summed E-state index contributed by atoms with van der Waals surface area (Å²) in [6, 6.07) is 2.21. The number of rotatable bonds is 4. The quantitative estimate of drug-likeness (QED) is 0.596. The number of aryl methyl sites for hydroxylation is 1. The second kappa shape index (κ2) is 9.57. The Kier molecular flexibility index (Phi) is 6.70. The molecule has 35 heavy (non-hydrogen) atoms. The molecule has 2 aromatic rings. The number of piperazine rings is 1. The molecule has 4 rings (SSSR count). The van der Waals surface area contributed by atoms with E-state index < -0.39 is 0 Å². The number of pyridine rings is 1. The van der Waals surface area contributed by atoms with Crippen molar-refractivity contribution >= 4 is 29.4 Å². The second-order valence-electron chi connectivity index (χ2n) is 9.60. The van der Waals surface area contributed by atoms with E-state index in [2.05, 4.69) is 64.3 Å². The highest BCUT2D eigenvalue weighted by atomic mass is 35.5. The normalized spacial score (nSPS) is 17.6. The van der Waals surface area contributed by atoms with Gasteiger partial charge in [-0.1, -0.05) is 45.5 Å². The first-order valence-electron chi connectivity index (χ1n) is 11.2. The lowest BCUT2D eigenvalue weighted by Crippen LogP contribution is -2.50. The smallest absolute Gasteiger partial charge is 0.300 e. The molecule has 0 saturated carbocycles. The van der Waals surface area contributed by atoms with Crippen LogP contribution in [0.5, 0.6) is 0 Å². The Morgan fingerprint density at radius 2 is 1.97 bits per heavy atom. The van der Waals surface area contributed by atoms with Crippen LogP contribution in [0.15, 0.2) is 46.3 Å². The maximum atomic E-state index is 13.1. The molecule has 2 aliphatic heterocycles. The van der Waals surface area contributed by atoms with Crippen LogP contribution >= 0.6 is 11.6 Å². The van der Waals surface area contributed by atoms with Gasteiger partial charge in [0.1, 0.15) is 10.9 Å². The number of nitrogens with zero attached hydrogens (tertiary/aromatic N) is 9. The van der Waals surface area contributed by atoms with Crippen molar-refractivity contribution in [1.29, 1.82) is 0 Å². The second-order valence-corrected chi connectivity index (χ2v) is 10.0. The number of halogens is 1. The molecule has 184 valence electrons. The number of tetrazole rings is 1. The first-order valence-corrected chi connectivity index (χ1v) is 11.6. The zero-order valence-electron chi connectivity index (χ0n) is 20.3. The summed E-state index contributed by atoms with van der Waals surface area (Å²) in [7, 11) is 0. The highest BCUT2D eigenvalue weighted by molar-refractivity contribution is 6.30. The van der Waals surface area contributed by atoms with Crippen molar-refractivity contribution in [3.8, 4) is 11.5 Å². The van der Waals surface area contributed by atoms with Crippen molar-refractivity contribution < 1.29 is 9.53 Å². The summed E-state index contributed by atoms with van der Waals surface area (Å²) in [6.07, 6.45) is 1.57. The maximum absolute atomic E-state index is 13.1. The topological polar surface area (TPSA) is 114 Å². The molecule has 4 heterocycles. The van der Waals surface area contributed by atoms with E-state index in [1.807, 2.05) is 17.9 Å². The monoisotopic (exact) mass is 497 g/mol. The number of hydrogen-bond donors (Lipinski definition) is 0. The highest BCUT2D eigenvalue weighted by Gasteiger charge is 2.29. The minimum atomic E-state index is -0.0875. The third kappa shape index (κ3) is 5.73. The summed E-state index contributed by atoms with van der Waals surface area (Å²) in [5, 5.41) is 12.8. The number of carbonyl (C=O) groups is 1. The number of hydrogen-bond acceptors (Lipinski definition) is 8. The van der Waals surface area contributed by atoms with Crippen molar-refractivity contribution in [1.82, 2.24) is 35.0 Å². The van der Waals surface area contributed by atoms with Crippen LogP contribution < -0.4 is 0 Å². The summed E-state index contributed by atoms with van der Waals surface area (Å²) in [4.78, 5) is 31.2. The predicted molar refractivity (Wildman–Crippen MR) is 133 cm³/mol. The Hall–Kier alpha value is -3.60. The van der Waals surface area contributed by atoms with Gasteiger partial charge in [0.2, 0.25) is 11.7 Å². The number of carbonyl (C=O) groups excluding carboxylic acids is 1. The minimum Gasteiger partial charge on any atom is -0.422 e. The molecule has 0 N–H and O–H groups in total. The number of amidine groups is 2. The Bertz CT molecular complexity index is 1230. The van der Waals surface area contributed by atoms with Gasteiger partial charge in [-0.25, -0.2) is 4.99 Å². The first kappa shape index (κ1) is 24.5. The third-order valence-corrected chi connectivity index (χ3v) is 5.42. The standard InChI is InChI=1S/C23H28ClN9O2/c1-14-11-17(12-25-18(14)20-28-30-33(29-20)13-23(4,5)6)21(34)31-7-9-32(10-8-31)22-27-19(15(2)35-22)26-16(3)24/h11-12H,2-3,7-10,13H2,1,4-6H3/b26-19+. The molecule has 2 aliphatic rings. The molecule has 0 aliphatic carbocycles. The number of aromatic nitrogens is 5. The average molecular weight is 498 g/mol. The van der Waals surface area contributed by atoms with E-state index in [-0.39, 0.29) is 16.5 Å². The van der Waals surface area contributed by atoms with Crippen molar-refractivity contribution in [2.24, 2.45) is 15.4 Å². The van der Waals surface area contributed by atoms with Crippen molar-refractivity contribution in [2.75, 3.05) is 26.2 Å². The molecule has 0 aromatic carbocycles. The van der Waals surface area contributed by atoms with Crippen LogP contribution in [0, 0.1) is 12.3 Å². The fourth-order valence-electron chi connectivity index (χ4n) is 3.71. The van der Waals surface area contributed by atoms with Gasteiger partial charge in [-0.2, -0.15) is 9.79 Å². The van der Waals surface area contributed by atoms with Crippen LogP contribution in [0.1, 0.15) is 36.7 Å². The van der Waals surface area contributed by atoms with Crippen LogP contribution in [-0.2, 0) is 11.3 Å². The average Bonchev–Trinajstić information content (AvgIpc) is 3.38. The van der Waals surface area contributed by atoms with Gasteiger partial charge in [0.05, 0.1) is 12.1 Å². The molecule has 0 atom stereocenters. The van der Waals surface area contributed by atoms with E-state index in [0.717, 1.165) is 5.56 Å². The van der Waals surface area contributed by atoms with Gasteiger partial charge in [0.25, 0.3) is 11.9 Å². The van der Waals surface area contributed by atoms with Gasteiger partial charge in [0.15, 0.2) is 5.76 Å². The molecular weight excluding hydrogens is 470 g/mol. The Labute approximate surface area is 208 Å². The lowest BCUT2D eigenvalue weighted by molar-refractivity contribution is 0.0678. The maximum Gasteiger partial charge on any atom is 0.300 e. The summed E-state index contributed by atoms with van der Waals surface area (Å²) in [5.41, 5.74) is 1.96. The Balaban J connectivity index is 1.40. The molecule has 0 radical (unpaired) electrons. The van der Waals surface area contributed by atoms with Gasteiger partial charge in [0, 0.05) is 32.4 Å².